The topological polar surface area (TPSA) is 61.2 Å². The van der Waals surface area contributed by atoms with Crippen LogP contribution >= 0.6 is 11.3 Å². The number of carbonyl (C=O) groups is 1. The van der Waals surface area contributed by atoms with Gasteiger partial charge in [-0.3, -0.25) is 9.36 Å². The largest absolute Gasteiger partial charge is 0.461 e. The van der Waals surface area contributed by atoms with Crippen molar-refractivity contribution in [1.29, 1.82) is 0 Å². The van der Waals surface area contributed by atoms with Gasteiger partial charge in [0, 0.05) is 4.88 Å². The maximum atomic E-state index is 13.3. The lowest BCUT2D eigenvalue weighted by Gasteiger charge is -2.25. The molecule has 6 heteroatoms. The quantitative estimate of drug-likeness (QED) is 0.728. The predicted octanol–water partition coefficient (Wildman–Crippen LogP) is 4.41. The zero-order valence-corrected chi connectivity index (χ0v) is 17.0. The first-order chi connectivity index (χ1) is 13.1. The van der Waals surface area contributed by atoms with Gasteiger partial charge < -0.3 is 4.74 Å². The fraction of sp³-hybridized carbons (Fsp3) is 0.667. The van der Waals surface area contributed by atoms with Crippen molar-refractivity contribution in [3.63, 3.8) is 0 Å². The summed E-state index contributed by atoms with van der Waals surface area (Å²) in [5.74, 6) is 0.368. The van der Waals surface area contributed by atoms with Gasteiger partial charge >= 0.3 is 5.97 Å². The lowest BCUT2D eigenvalue weighted by atomic mass is 9.89. The van der Waals surface area contributed by atoms with E-state index in [9.17, 15) is 9.59 Å². The normalized spacial score (nSPS) is 21.8. The molecule has 0 saturated heterocycles. The van der Waals surface area contributed by atoms with Gasteiger partial charge in [0.05, 0.1) is 11.7 Å². The van der Waals surface area contributed by atoms with Crippen LogP contribution in [0.3, 0.4) is 0 Å². The summed E-state index contributed by atoms with van der Waals surface area (Å²) in [6.45, 7) is 4.18. The van der Waals surface area contributed by atoms with E-state index in [1.54, 1.807) is 17.7 Å². The van der Waals surface area contributed by atoms with Crippen LogP contribution in [0.5, 0.6) is 0 Å². The maximum absolute atomic E-state index is 13.3. The predicted molar refractivity (Wildman–Crippen MR) is 107 cm³/mol. The number of carbonyl (C=O) groups excluding carboxylic acids is 1. The molecule has 146 valence electrons. The molecular weight excluding hydrogens is 360 g/mol. The molecule has 2 aliphatic carbocycles. The molecule has 2 atom stereocenters. The van der Waals surface area contributed by atoms with E-state index in [4.69, 9.17) is 4.74 Å². The van der Waals surface area contributed by atoms with Crippen LogP contribution in [0.15, 0.2) is 11.1 Å². The molecule has 2 aromatic heterocycles. The van der Waals surface area contributed by atoms with Gasteiger partial charge in [-0.05, 0) is 62.8 Å². The van der Waals surface area contributed by atoms with Gasteiger partial charge in [0.15, 0.2) is 0 Å². The Kier molecular flexibility index (Phi) is 5.35. The second kappa shape index (κ2) is 7.74. The molecule has 5 nitrogen and oxygen atoms in total. The number of rotatable bonds is 4. The maximum Gasteiger partial charge on any atom is 0.329 e. The molecule has 2 aromatic rings. The summed E-state index contributed by atoms with van der Waals surface area (Å²) in [4.78, 5) is 32.7. The first-order valence-electron chi connectivity index (χ1n) is 10.3. The van der Waals surface area contributed by atoms with Gasteiger partial charge in [-0.1, -0.05) is 20.3 Å². The number of nitrogens with zero attached hydrogens (tertiary/aromatic N) is 2. The molecule has 1 saturated carbocycles. The van der Waals surface area contributed by atoms with Crippen LogP contribution in [0.25, 0.3) is 10.2 Å². The lowest BCUT2D eigenvalue weighted by molar-refractivity contribution is -0.154. The molecule has 0 aliphatic heterocycles. The minimum Gasteiger partial charge on any atom is -0.461 e. The summed E-state index contributed by atoms with van der Waals surface area (Å²) in [5.41, 5.74) is 1.08. The zero-order chi connectivity index (χ0) is 19.0. The molecule has 4 rings (SSSR count). The van der Waals surface area contributed by atoms with E-state index >= 15 is 0 Å². The van der Waals surface area contributed by atoms with E-state index in [1.165, 1.54) is 15.9 Å². The Hall–Kier alpha value is -1.69. The number of hydrogen-bond acceptors (Lipinski definition) is 5. The number of fused-ring (bicyclic) bond motifs is 3. The number of hydrogen-bond donors (Lipinski definition) is 0. The van der Waals surface area contributed by atoms with Crippen molar-refractivity contribution < 1.29 is 9.53 Å². The molecule has 27 heavy (non-hydrogen) atoms. The van der Waals surface area contributed by atoms with Gasteiger partial charge in [0.2, 0.25) is 0 Å². The van der Waals surface area contributed by atoms with E-state index < -0.39 is 6.04 Å². The van der Waals surface area contributed by atoms with Gasteiger partial charge in [-0.25, -0.2) is 9.78 Å². The Morgan fingerprint density at radius 2 is 2.11 bits per heavy atom. The highest BCUT2D eigenvalue weighted by molar-refractivity contribution is 7.18. The summed E-state index contributed by atoms with van der Waals surface area (Å²) >= 11 is 1.64. The first-order valence-corrected chi connectivity index (χ1v) is 11.1. The van der Waals surface area contributed by atoms with Crippen LogP contribution < -0.4 is 5.56 Å². The Bertz CT molecular complexity index is 895. The highest BCUT2D eigenvalue weighted by atomic mass is 32.1. The molecule has 0 radical (unpaired) electrons. The first kappa shape index (κ1) is 18.7. The van der Waals surface area contributed by atoms with E-state index in [2.05, 4.69) is 11.9 Å². The van der Waals surface area contributed by atoms with Crippen molar-refractivity contribution in [1.82, 2.24) is 9.55 Å². The van der Waals surface area contributed by atoms with Crippen molar-refractivity contribution >= 4 is 27.5 Å². The number of ether oxygens (including phenoxy) is 1. The highest BCUT2D eigenvalue weighted by Crippen LogP contribution is 2.35. The Balaban J connectivity index is 1.66. The summed E-state index contributed by atoms with van der Waals surface area (Å²) < 4.78 is 7.26. The van der Waals surface area contributed by atoms with Crippen molar-refractivity contribution in [3.05, 3.63) is 27.1 Å². The van der Waals surface area contributed by atoms with Gasteiger partial charge in [0.25, 0.3) is 5.56 Å². The minimum atomic E-state index is -0.589. The zero-order valence-electron chi connectivity index (χ0n) is 16.2. The van der Waals surface area contributed by atoms with Gasteiger partial charge in [-0.2, -0.15) is 0 Å². The third kappa shape index (κ3) is 3.56. The number of aromatic nitrogens is 2. The van der Waals surface area contributed by atoms with E-state index in [0.29, 0.717) is 12.3 Å². The summed E-state index contributed by atoms with van der Waals surface area (Å²) in [6, 6.07) is -0.589. The molecule has 2 heterocycles. The fourth-order valence-electron chi connectivity index (χ4n) is 4.47. The third-order valence-corrected chi connectivity index (χ3v) is 7.23. The molecule has 1 fully saturated rings. The number of esters is 1. The Morgan fingerprint density at radius 3 is 2.85 bits per heavy atom. The molecule has 0 spiro atoms. The van der Waals surface area contributed by atoms with Crippen LogP contribution in [-0.4, -0.2) is 21.6 Å². The van der Waals surface area contributed by atoms with E-state index in [-0.39, 0.29) is 17.6 Å². The summed E-state index contributed by atoms with van der Waals surface area (Å²) in [7, 11) is 0. The highest BCUT2D eigenvalue weighted by Gasteiger charge is 2.28. The SMILES string of the molecule is CC[C@@H](C(=O)OC1CCCCC1)n1cnc2sc3c(c2c1=O)CC[C@@H](C)C3. The Morgan fingerprint density at radius 1 is 1.33 bits per heavy atom. The second-order valence-electron chi connectivity index (χ2n) is 8.11. The van der Waals surface area contributed by atoms with Crippen molar-refractivity contribution in [2.45, 2.75) is 83.8 Å². The monoisotopic (exact) mass is 388 g/mol. The van der Waals surface area contributed by atoms with Crippen LogP contribution in [0.4, 0.5) is 0 Å². The van der Waals surface area contributed by atoms with Crippen molar-refractivity contribution in [2.75, 3.05) is 0 Å². The summed E-state index contributed by atoms with van der Waals surface area (Å²) in [6.07, 6.45) is 10.5. The van der Waals surface area contributed by atoms with Crippen molar-refractivity contribution in [3.8, 4) is 0 Å². The number of aryl methyl sites for hydroxylation is 1. The molecule has 0 aromatic carbocycles. The molecule has 0 N–H and O–H groups in total. The van der Waals surface area contributed by atoms with Crippen LogP contribution in [-0.2, 0) is 22.4 Å². The van der Waals surface area contributed by atoms with Crippen molar-refractivity contribution in [2.24, 2.45) is 5.92 Å². The molecule has 0 bridgehead atoms. The van der Waals surface area contributed by atoms with Gasteiger partial charge in [0.1, 0.15) is 17.0 Å². The second-order valence-corrected chi connectivity index (χ2v) is 9.19. The molecule has 2 aliphatic rings. The van der Waals surface area contributed by atoms with Crippen LogP contribution in [0.2, 0.25) is 0 Å². The molecule has 0 amide bonds. The minimum absolute atomic E-state index is 0.00286. The average Bonchev–Trinajstić information content (AvgIpc) is 3.03. The lowest BCUT2D eigenvalue weighted by Crippen LogP contribution is -2.33. The third-order valence-electron chi connectivity index (χ3n) is 6.07. The standard InChI is InChI=1S/C21H28N2O3S/c1-3-16(21(25)26-14-7-5-4-6-8-14)23-12-22-19-18(20(23)24)15-10-9-13(2)11-17(15)27-19/h12-14,16H,3-11H2,1-2H3/t13-,16+/m1/s1. The van der Waals surface area contributed by atoms with Crippen LogP contribution in [0.1, 0.15) is 75.3 Å². The Labute approximate surface area is 163 Å². The smallest absolute Gasteiger partial charge is 0.329 e. The van der Waals surface area contributed by atoms with E-state index in [0.717, 1.165) is 60.7 Å². The molecule has 0 unspecified atom stereocenters. The summed E-state index contributed by atoms with van der Waals surface area (Å²) in [5, 5.41) is 0.730. The van der Waals surface area contributed by atoms with Gasteiger partial charge in [-0.15, -0.1) is 11.3 Å². The molecular formula is C21H28N2O3S. The van der Waals surface area contributed by atoms with Crippen LogP contribution in [0, 0.1) is 5.92 Å². The van der Waals surface area contributed by atoms with E-state index in [1.807, 2.05) is 6.92 Å². The number of thiophene rings is 1. The average molecular weight is 389 g/mol. The fourth-order valence-corrected chi connectivity index (χ4v) is 5.81.